The molecule has 0 aromatic heterocycles. The number of carbonyl (C=O) groups excluding carboxylic acids is 2. The summed E-state index contributed by atoms with van der Waals surface area (Å²) in [6, 6.07) is 3.39. The summed E-state index contributed by atoms with van der Waals surface area (Å²) in [4.78, 5) is 22.2. The van der Waals surface area contributed by atoms with Crippen molar-refractivity contribution in [1.29, 1.82) is 0 Å². The number of amides is 1. The summed E-state index contributed by atoms with van der Waals surface area (Å²) in [7, 11) is 1.23. The molecule has 1 aromatic carbocycles. The van der Waals surface area contributed by atoms with Crippen molar-refractivity contribution in [2.24, 2.45) is 0 Å². The van der Waals surface area contributed by atoms with Crippen LogP contribution in [0.15, 0.2) is 18.2 Å². The van der Waals surface area contributed by atoms with Gasteiger partial charge >= 0.3 is 5.97 Å². The molecular formula is C12H13F2NO3. The molecule has 1 N–H and O–H groups in total. The van der Waals surface area contributed by atoms with Gasteiger partial charge in [-0.2, -0.15) is 0 Å². The average Bonchev–Trinajstić information content (AvgIpc) is 2.34. The lowest BCUT2D eigenvalue weighted by Gasteiger charge is -2.06. The van der Waals surface area contributed by atoms with Crippen LogP contribution in [-0.4, -0.2) is 25.5 Å². The fourth-order valence-corrected chi connectivity index (χ4v) is 1.33. The number of rotatable bonds is 5. The van der Waals surface area contributed by atoms with Crippen LogP contribution in [0.1, 0.15) is 12.0 Å². The molecule has 0 atom stereocenters. The summed E-state index contributed by atoms with van der Waals surface area (Å²) in [5, 5.41) is 2.38. The van der Waals surface area contributed by atoms with Gasteiger partial charge in [0.1, 0.15) is 11.6 Å². The quantitative estimate of drug-likeness (QED) is 0.806. The summed E-state index contributed by atoms with van der Waals surface area (Å²) < 4.78 is 30.8. The van der Waals surface area contributed by atoms with Crippen LogP contribution in [0.4, 0.5) is 8.78 Å². The summed E-state index contributed by atoms with van der Waals surface area (Å²) in [5.74, 6) is -2.55. The Balaban J connectivity index is 2.47. The fourth-order valence-electron chi connectivity index (χ4n) is 1.33. The van der Waals surface area contributed by atoms with Crippen LogP contribution in [0.5, 0.6) is 0 Å². The van der Waals surface area contributed by atoms with Gasteiger partial charge in [-0.15, -0.1) is 0 Å². The van der Waals surface area contributed by atoms with E-state index in [4.69, 9.17) is 0 Å². The number of hydrogen-bond donors (Lipinski definition) is 1. The molecule has 0 fully saturated rings. The summed E-state index contributed by atoms with van der Waals surface area (Å²) in [6.07, 6.45) is -0.387. The van der Waals surface area contributed by atoms with Crippen LogP contribution < -0.4 is 5.32 Å². The minimum atomic E-state index is -0.766. The highest BCUT2D eigenvalue weighted by Crippen LogP contribution is 2.12. The van der Waals surface area contributed by atoms with Crippen LogP contribution >= 0.6 is 0 Å². The number of nitrogens with one attached hydrogen (secondary N) is 1. The number of esters is 1. The Bertz CT molecular complexity index is 429. The lowest BCUT2D eigenvalue weighted by atomic mass is 10.1. The van der Waals surface area contributed by atoms with Crippen molar-refractivity contribution >= 4 is 11.9 Å². The maximum Gasteiger partial charge on any atom is 0.307 e. The minimum absolute atomic E-state index is 0.0159. The van der Waals surface area contributed by atoms with Crippen molar-refractivity contribution in [3.8, 4) is 0 Å². The molecule has 0 aliphatic heterocycles. The number of methoxy groups -OCH3 is 1. The van der Waals surface area contributed by atoms with E-state index in [1.54, 1.807) is 0 Å². The van der Waals surface area contributed by atoms with Crippen molar-refractivity contribution in [2.75, 3.05) is 13.7 Å². The second-order valence-electron chi connectivity index (χ2n) is 3.55. The Hall–Kier alpha value is -1.98. The van der Waals surface area contributed by atoms with Gasteiger partial charge in [0.25, 0.3) is 0 Å². The maximum absolute atomic E-state index is 13.2. The molecule has 98 valence electrons. The lowest BCUT2D eigenvalue weighted by Crippen LogP contribution is -2.28. The van der Waals surface area contributed by atoms with Gasteiger partial charge in [-0.1, -0.05) is 6.07 Å². The number of benzene rings is 1. The molecular weight excluding hydrogens is 244 g/mol. The van der Waals surface area contributed by atoms with Crippen molar-refractivity contribution in [3.63, 3.8) is 0 Å². The molecule has 0 saturated carbocycles. The van der Waals surface area contributed by atoms with E-state index in [9.17, 15) is 18.4 Å². The highest BCUT2D eigenvalue weighted by atomic mass is 19.1. The highest BCUT2D eigenvalue weighted by Gasteiger charge is 2.12. The third-order valence-corrected chi connectivity index (χ3v) is 2.28. The smallest absolute Gasteiger partial charge is 0.307 e. The number of carbonyl (C=O) groups is 2. The monoisotopic (exact) mass is 257 g/mol. The topological polar surface area (TPSA) is 55.4 Å². The molecule has 18 heavy (non-hydrogen) atoms. The molecule has 0 aliphatic carbocycles. The van der Waals surface area contributed by atoms with Crippen LogP contribution in [0.2, 0.25) is 0 Å². The van der Waals surface area contributed by atoms with Gasteiger partial charge in [0.15, 0.2) is 0 Å². The Morgan fingerprint density at radius 1 is 1.28 bits per heavy atom. The molecule has 1 amide bonds. The summed E-state index contributed by atoms with van der Waals surface area (Å²) >= 11 is 0. The van der Waals surface area contributed by atoms with Crippen molar-refractivity contribution in [3.05, 3.63) is 35.4 Å². The molecule has 0 unspecified atom stereocenters. The first-order valence-corrected chi connectivity index (χ1v) is 5.31. The Labute approximate surface area is 103 Å². The molecule has 1 rings (SSSR count). The van der Waals surface area contributed by atoms with Gasteiger partial charge in [0.2, 0.25) is 5.91 Å². The first-order valence-electron chi connectivity index (χ1n) is 5.31. The second-order valence-corrected chi connectivity index (χ2v) is 3.55. The van der Waals surface area contributed by atoms with Crippen molar-refractivity contribution < 1.29 is 23.1 Å². The van der Waals surface area contributed by atoms with Gasteiger partial charge in [0.05, 0.1) is 20.0 Å². The largest absolute Gasteiger partial charge is 0.469 e. The maximum atomic E-state index is 13.2. The van der Waals surface area contributed by atoms with E-state index >= 15 is 0 Å². The van der Waals surface area contributed by atoms with E-state index in [1.807, 2.05) is 0 Å². The molecule has 0 aliphatic rings. The van der Waals surface area contributed by atoms with Gasteiger partial charge in [-0.3, -0.25) is 9.59 Å². The van der Waals surface area contributed by atoms with Gasteiger partial charge in [0, 0.05) is 12.1 Å². The van der Waals surface area contributed by atoms with Crippen LogP contribution in [0.3, 0.4) is 0 Å². The van der Waals surface area contributed by atoms with Gasteiger partial charge in [-0.05, 0) is 12.1 Å². The Kier molecular flexibility index (Phi) is 5.23. The zero-order valence-corrected chi connectivity index (χ0v) is 9.83. The Morgan fingerprint density at radius 3 is 2.44 bits per heavy atom. The van der Waals surface area contributed by atoms with E-state index in [0.29, 0.717) is 0 Å². The predicted octanol–water partition coefficient (Wildman–Crippen LogP) is 1.19. The van der Waals surface area contributed by atoms with Crippen LogP contribution in [0.25, 0.3) is 0 Å². The van der Waals surface area contributed by atoms with E-state index < -0.39 is 29.9 Å². The summed E-state index contributed by atoms with van der Waals surface area (Å²) in [6.45, 7) is 0.0710. The van der Waals surface area contributed by atoms with Gasteiger partial charge < -0.3 is 10.1 Å². The number of halogens is 2. The number of ether oxygens (including phenoxy) is 1. The minimum Gasteiger partial charge on any atom is -0.469 e. The van der Waals surface area contributed by atoms with E-state index in [0.717, 1.165) is 12.1 Å². The van der Waals surface area contributed by atoms with Crippen molar-refractivity contribution in [1.82, 2.24) is 5.32 Å². The zero-order valence-electron chi connectivity index (χ0n) is 9.83. The van der Waals surface area contributed by atoms with Crippen molar-refractivity contribution in [2.45, 2.75) is 12.8 Å². The molecule has 0 saturated heterocycles. The first-order chi connectivity index (χ1) is 8.54. The summed E-state index contributed by atoms with van der Waals surface area (Å²) in [5.41, 5.74) is -0.284. The fraction of sp³-hybridized carbons (Fsp3) is 0.333. The SMILES string of the molecule is COC(=O)CCNC(=O)Cc1c(F)cccc1F. The van der Waals surface area contributed by atoms with E-state index in [-0.39, 0.29) is 18.5 Å². The third kappa shape index (κ3) is 4.12. The molecule has 0 spiro atoms. The molecule has 4 nitrogen and oxygen atoms in total. The van der Waals surface area contributed by atoms with E-state index in [1.165, 1.54) is 13.2 Å². The molecule has 0 bridgehead atoms. The van der Waals surface area contributed by atoms with Gasteiger partial charge in [-0.25, -0.2) is 8.78 Å². The zero-order chi connectivity index (χ0) is 13.5. The third-order valence-electron chi connectivity index (χ3n) is 2.28. The van der Waals surface area contributed by atoms with Crippen LogP contribution in [-0.2, 0) is 20.7 Å². The van der Waals surface area contributed by atoms with Crippen LogP contribution in [0, 0.1) is 11.6 Å². The predicted molar refractivity (Wildman–Crippen MR) is 59.7 cm³/mol. The molecule has 1 aromatic rings. The molecule has 0 heterocycles. The standard InChI is InChI=1S/C12H13F2NO3/c1-18-12(17)5-6-15-11(16)7-8-9(13)3-2-4-10(8)14/h2-4H,5-7H2,1H3,(H,15,16). The highest BCUT2D eigenvalue weighted by molar-refractivity contribution is 5.79. The average molecular weight is 257 g/mol. The number of hydrogen-bond acceptors (Lipinski definition) is 3. The molecule has 6 heteroatoms. The first kappa shape index (κ1) is 14.1. The lowest BCUT2D eigenvalue weighted by molar-refractivity contribution is -0.140. The van der Waals surface area contributed by atoms with E-state index in [2.05, 4.69) is 10.1 Å². The molecule has 0 radical (unpaired) electrons. The Morgan fingerprint density at radius 2 is 1.89 bits per heavy atom. The normalized spacial score (nSPS) is 9.94. The second kappa shape index (κ2) is 6.68.